The zero-order chi connectivity index (χ0) is 12.8. The van der Waals surface area contributed by atoms with Gasteiger partial charge in [0.05, 0.1) is 6.10 Å². The van der Waals surface area contributed by atoms with E-state index in [1.807, 2.05) is 0 Å². The van der Waals surface area contributed by atoms with Crippen LogP contribution in [-0.4, -0.2) is 25.3 Å². The lowest BCUT2D eigenvalue weighted by molar-refractivity contribution is -0.126. The minimum absolute atomic E-state index is 0.371. The van der Waals surface area contributed by atoms with Crippen LogP contribution in [0, 0.1) is 16.7 Å². The Kier molecular flexibility index (Phi) is 3.22. The molecule has 3 saturated carbocycles. The van der Waals surface area contributed by atoms with Gasteiger partial charge in [-0.25, -0.2) is 0 Å². The Bertz CT molecular complexity index is 308. The summed E-state index contributed by atoms with van der Waals surface area (Å²) < 4.78 is 5.88. The third-order valence-corrected chi connectivity index (χ3v) is 6.15. The van der Waals surface area contributed by atoms with Crippen LogP contribution in [0.3, 0.4) is 0 Å². The van der Waals surface area contributed by atoms with Crippen molar-refractivity contribution >= 4 is 0 Å². The topological polar surface area (TPSA) is 21.3 Å². The molecule has 18 heavy (non-hydrogen) atoms. The summed E-state index contributed by atoms with van der Waals surface area (Å²) in [6.07, 6.45) is 8.90. The van der Waals surface area contributed by atoms with E-state index in [9.17, 15) is 0 Å². The summed E-state index contributed by atoms with van der Waals surface area (Å²) in [5, 5.41) is 3.89. The Hall–Kier alpha value is -0.0800. The van der Waals surface area contributed by atoms with E-state index in [1.165, 1.54) is 45.1 Å². The summed E-state index contributed by atoms with van der Waals surface area (Å²) in [6, 6.07) is 0.690. The van der Waals surface area contributed by atoms with Crippen molar-refractivity contribution in [3.05, 3.63) is 0 Å². The molecular weight excluding hydrogens is 222 g/mol. The average Bonchev–Trinajstić information content (AvgIpc) is 3.23. The van der Waals surface area contributed by atoms with Gasteiger partial charge >= 0.3 is 0 Å². The molecule has 0 aromatic rings. The van der Waals surface area contributed by atoms with Gasteiger partial charge < -0.3 is 10.1 Å². The number of ether oxygens (including phenoxy) is 1. The molecule has 3 fully saturated rings. The summed E-state index contributed by atoms with van der Waals surface area (Å²) >= 11 is 0. The van der Waals surface area contributed by atoms with E-state index in [0.717, 1.165) is 17.9 Å². The van der Waals surface area contributed by atoms with Crippen molar-refractivity contribution in [3.8, 4) is 0 Å². The van der Waals surface area contributed by atoms with Crippen LogP contribution in [-0.2, 0) is 4.74 Å². The predicted octanol–water partition coefficient (Wildman–Crippen LogP) is 3.36. The van der Waals surface area contributed by atoms with Gasteiger partial charge in [-0.1, -0.05) is 13.8 Å². The molecule has 3 aliphatic rings. The van der Waals surface area contributed by atoms with E-state index in [0.29, 0.717) is 17.6 Å². The smallest absolute Gasteiger partial charge is 0.0658 e. The molecule has 0 aromatic carbocycles. The Morgan fingerprint density at radius 1 is 1.22 bits per heavy atom. The van der Waals surface area contributed by atoms with Crippen molar-refractivity contribution in [1.82, 2.24) is 5.32 Å². The molecule has 0 aromatic heterocycles. The fourth-order valence-corrected chi connectivity index (χ4v) is 3.98. The molecule has 2 heteroatoms. The first-order valence-corrected chi connectivity index (χ1v) is 7.99. The van der Waals surface area contributed by atoms with Gasteiger partial charge in [0, 0.05) is 24.6 Å². The summed E-state index contributed by atoms with van der Waals surface area (Å²) in [7, 11) is 0. The quantitative estimate of drug-likeness (QED) is 0.749. The molecule has 104 valence electrons. The lowest BCUT2D eigenvalue weighted by Crippen LogP contribution is -2.62. The van der Waals surface area contributed by atoms with Crippen LogP contribution in [0.15, 0.2) is 0 Å². The van der Waals surface area contributed by atoms with Gasteiger partial charge in [0.15, 0.2) is 0 Å². The standard InChI is InChI=1S/C16H29NO/c1-4-15(3)13(10-14(15)18-5-2)17-11-16(8-9-16)12-6-7-12/h12-14,17H,4-11H2,1-3H3. The van der Waals surface area contributed by atoms with Crippen molar-refractivity contribution in [2.24, 2.45) is 16.7 Å². The minimum Gasteiger partial charge on any atom is -0.378 e. The van der Waals surface area contributed by atoms with Gasteiger partial charge in [0.2, 0.25) is 0 Å². The zero-order valence-corrected chi connectivity index (χ0v) is 12.3. The van der Waals surface area contributed by atoms with Crippen molar-refractivity contribution < 1.29 is 4.74 Å². The molecule has 0 bridgehead atoms. The third-order valence-electron chi connectivity index (χ3n) is 6.15. The second-order valence-electron chi connectivity index (χ2n) is 7.11. The number of hydrogen-bond acceptors (Lipinski definition) is 2. The van der Waals surface area contributed by atoms with Crippen LogP contribution in [0.5, 0.6) is 0 Å². The molecule has 2 nitrogen and oxygen atoms in total. The highest BCUT2D eigenvalue weighted by molar-refractivity contribution is 5.09. The summed E-state index contributed by atoms with van der Waals surface area (Å²) in [4.78, 5) is 0. The van der Waals surface area contributed by atoms with E-state index in [-0.39, 0.29) is 0 Å². The highest BCUT2D eigenvalue weighted by Crippen LogP contribution is 2.61. The Morgan fingerprint density at radius 2 is 1.94 bits per heavy atom. The van der Waals surface area contributed by atoms with Gasteiger partial charge in [-0.15, -0.1) is 0 Å². The highest BCUT2D eigenvalue weighted by atomic mass is 16.5. The summed E-state index contributed by atoms with van der Waals surface area (Å²) in [5.41, 5.74) is 1.10. The molecule has 0 amide bonds. The largest absolute Gasteiger partial charge is 0.378 e. The van der Waals surface area contributed by atoms with E-state index < -0.39 is 0 Å². The Labute approximate surface area is 112 Å². The van der Waals surface area contributed by atoms with Gasteiger partial charge in [-0.3, -0.25) is 0 Å². The maximum Gasteiger partial charge on any atom is 0.0658 e. The van der Waals surface area contributed by atoms with E-state index in [1.54, 1.807) is 0 Å². The van der Waals surface area contributed by atoms with Crippen LogP contribution in [0.25, 0.3) is 0 Å². The second kappa shape index (κ2) is 4.49. The van der Waals surface area contributed by atoms with Crippen LogP contribution < -0.4 is 5.32 Å². The van der Waals surface area contributed by atoms with Gasteiger partial charge in [-0.2, -0.15) is 0 Å². The molecular formula is C16H29NO. The van der Waals surface area contributed by atoms with Crippen molar-refractivity contribution in [2.75, 3.05) is 13.2 Å². The van der Waals surface area contributed by atoms with Crippen molar-refractivity contribution in [1.29, 1.82) is 0 Å². The van der Waals surface area contributed by atoms with Gasteiger partial charge in [0.1, 0.15) is 0 Å². The molecule has 0 saturated heterocycles. The van der Waals surface area contributed by atoms with Crippen LogP contribution >= 0.6 is 0 Å². The lowest BCUT2D eigenvalue weighted by atomic mass is 9.61. The zero-order valence-electron chi connectivity index (χ0n) is 12.3. The third kappa shape index (κ3) is 2.02. The van der Waals surface area contributed by atoms with E-state index in [4.69, 9.17) is 4.74 Å². The van der Waals surface area contributed by atoms with Crippen LogP contribution in [0.4, 0.5) is 0 Å². The summed E-state index contributed by atoms with van der Waals surface area (Å²) in [5.74, 6) is 1.07. The highest BCUT2D eigenvalue weighted by Gasteiger charge is 2.56. The fraction of sp³-hybridized carbons (Fsp3) is 1.00. The molecule has 3 unspecified atom stereocenters. The maximum atomic E-state index is 5.88. The molecule has 0 heterocycles. The monoisotopic (exact) mass is 251 g/mol. The number of hydrogen-bond donors (Lipinski definition) is 1. The average molecular weight is 251 g/mol. The number of rotatable bonds is 7. The first-order valence-electron chi connectivity index (χ1n) is 7.99. The van der Waals surface area contributed by atoms with Crippen molar-refractivity contribution in [2.45, 2.75) is 71.4 Å². The Morgan fingerprint density at radius 3 is 2.44 bits per heavy atom. The maximum absolute atomic E-state index is 5.88. The fourth-order valence-electron chi connectivity index (χ4n) is 3.98. The van der Waals surface area contributed by atoms with E-state index >= 15 is 0 Å². The van der Waals surface area contributed by atoms with Gasteiger partial charge in [0.25, 0.3) is 0 Å². The molecule has 3 aliphatic carbocycles. The Balaban J connectivity index is 1.51. The van der Waals surface area contributed by atoms with Crippen molar-refractivity contribution in [3.63, 3.8) is 0 Å². The van der Waals surface area contributed by atoms with E-state index in [2.05, 4.69) is 26.1 Å². The molecule has 0 radical (unpaired) electrons. The lowest BCUT2D eigenvalue weighted by Gasteiger charge is -2.54. The van der Waals surface area contributed by atoms with Crippen LogP contribution in [0.1, 0.15) is 59.3 Å². The molecule has 3 rings (SSSR count). The number of nitrogens with one attached hydrogen (secondary N) is 1. The van der Waals surface area contributed by atoms with Crippen LogP contribution in [0.2, 0.25) is 0 Å². The first-order chi connectivity index (χ1) is 8.64. The SMILES string of the molecule is CCOC1CC(NCC2(C3CC3)CC2)C1(C)CC. The summed E-state index contributed by atoms with van der Waals surface area (Å²) in [6.45, 7) is 8.97. The molecule has 0 aliphatic heterocycles. The molecule has 1 N–H and O–H groups in total. The first kappa shape index (κ1) is 12.9. The molecule has 3 atom stereocenters. The molecule has 0 spiro atoms. The van der Waals surface area contributed by atoms with Gasteiger partial charge in [-0.05, 0) is 56.8 Å². The minimum atomic E-state index is 0.371. The predicted molar refractivity (Wildman–Crippen MR) is 74.6 cm³/mol. The second-order valence-corrected chi connectivity index (χ2v) is 7.11. The normalized spacial score (nSPS) is 41.5.